The summed E-state index contributed by atoms with van der Waals surface area (Å²) >= 11 is 0. The third-order valence-corrected chi connectivity index (χ3v) is 2.35. The highest BCUT2D eigenvalue weighted by atomic mass is 31.2. The van der Waals surface area contributed by atoms with Gasteiger partial charge in [0.05, 0.1) is 33.6 Å². The third kappa shape index (κ3) is 6.41. The normalized spacial score (nSPS) is 12.5. The van der Waals surface area contributed by atoms with Crippen molar-refractivity contribution in [3.05, 3.63) is 11.8 Å². The van der Waals surface area contributed by atoms with Gasteiger partial charge in [0, 0.05) is 0 Å². The van der Waals surface area contributed by atoms with Gasteiger partial charge < -0.3 is 14.0 Å². The van der Waals surface area contributed by atoms with E-state index in [9.17, 15) is 9.36 Å². The fourth-order valence-corrected chi connectivity index (χ4v) is 1.71. The van der Waals surface area contributed by atoms with Gasteiger partial charge in [-0.05, 0) is 13.3 Å². The first kappa shape index (κ1) is 12.2. The Morgan fingerprint density at radius 3 is 2.15 bits per heavy atom. The van der Waals surface area contributed by atoms with E-state index in [0.717, 1.165) is 0 Å². The molecule has 0 aliphatic rings. The Morgan fingerprint density at radius 1 is 1.31 bits per heavy atom. The molecule has 4 nitrogen and oxygen atoms in total. The monoisotopic (exact) mass is 206 g/mol. The summed E-state index contributed by atoms with van der Waals surface area (Å²) in [6.07, 6.45) is 1.48. The van der Waals surface area contributed by atoms with Gasteiger partial charge in [0.25, 0.3) is 0 Å². The highest BCUT2D eigenvalue weighted by Gasteiger charge is 2.12. The highest BCUT2D eigenvalue weighted by Crippen LogP contribution is 2.37. The Labute approximate surface area is 78.3 Å². The molecule has 0 aromatic rings. The van der Waals surface area contributed by atoms with Gasteiger partial charge >= 0.3 is 5.97 Å². The summed E-state index contributed by atoms with van der Waals surface area (Å²) < 4.78 is 20.7. The van der Waals surface area contributed by atoms with Gasteiger partial charge in [-0.2, -0.15) is 0 Å². The van der Waals surface area contributed by atoms with E-state index in [0.29, 0.717) is 5.76 Å². The standard InChI is InChI=1S/C8H15O4P/c1-11-7(5-8(9)12-2)6-13(3,4)10/h5H,6H2,1-4H3. The Balaban J connectivity index is 4.43. The van der Waals surface area contributed by atoms with Crippen LogP contribution < -0.4 is 0 Å². The number of esters is 1. The minimum absolute atomic E-state index is 0.276. The lowest BCUT2D eigenvalue weighted by molar-refractivity contribution is -0.135. The van der Waals surface area contributed by atoms with Crippen LogP contribution in [0.1, 0.15) is 0 Å². The minimum atomic E-state index is -2.21. The quantitative estimate of drug-likeness (QED) is 0.301. The average Bonchev–Trinajstić information content (AvgIpc) is 2.00. The highest BCUT2D eigenvalue weighted by molar-refractivity contribution is 7.62. The minimum Gasteiger partial charge on any atom is -0.500 e. The third-order valence-electron chi connectivity index (χ3n) is 1.28. The number of ether oxygens (including phenoxy) is 2. The molecule has 0 rings (SSSR count). The van der Waals surface area contributed by atoms with Crippen molar-refractivity contribution in [3.63, 3.8) is 0 Å². The van der Waals surface area contributed by atoms with Crippen molar-refractivity contribution in [2.24, 2.45) is 0 Å². The van der Waals surface area contributed by atoms with Crippen LogP contribution in [-0.4, -0.2) is 39.7 Å². The maximum absolute atomic E-state index is 11.4. The van der Waals surface area contributed by atoms with Crippen LogP contribution >= 0.6 is 7.14 Å². The number of allylic oxidation sites excluding steroid dienone is 1. The predicted octanol–water partition coefficient (Wildman–Crippen LogP) is 1.31. The van der Waals surface area contributed by atoms with Gasteiger partial charge in [0.1, 0.15) is 5.76 Å². The molecule has 0 aromatic heterocycles. The molecule has 0 unspecified atom stereocenters. The second kappa shape index (κ2) is 5.07. The first-order chi connectivity index (χ1) is 5.89. The molecule has 0 saturated heterocycles. The van der Waals surface area contributed by atoms with Crippen LogP contribution in [0.4, 0.5) is 0 Å². The molecule has 0 spiro atoms. The fraction of sp³-hybridized carbons (Fsp3) is 0.625. The molecule has 0 aliphatic carbocycles. The second-order valence-electron chi connectivity index (χ2n) is 3.07. The van der Waals surface area contributed by atoms with Crippen molar-refractivity contribution in [2.45, 2.75) is 0 Å². The molecule has 0 fully saturated rings. The molecule has 0 N–H and O–H groups in total. The summed E-state index contributed by atoms with van der Waals surface area (Å²) in [6, 6.07) is 0. The van der Waals surface area contributed by atoms with Crippen molar-refractivity contribution in [1.82, 2.24) is 0 Å². The Morgan fingerprint density at radius 2 is 1.85 bits per heavy atom. The molecule has 0 aliphatic heterocycles. The summed E-state index contributed by atoms with van der Waals surface area (Å²) in [6.45, 7) is 3.27. The molecule has 0 atom stereocenters. The maximum Gasteiger partial charge on any atom is 0.333 e. The molecule has 0 aromatic carbocycles. The summed E-state index contributed by atoms with van der Waals surface area (Å²) in [5.41, 5.74) is 0. The van der Waals surface area contributed by atoms with E-state index < -0.39 is 13.1 Å². The molecule has 76 valence electrons. The van der Waals surface area contributed by atoms with Crippen LogP contribution in [0.3, 0.4) is 0 Å². The maximum atomic E-state index is 11.4. The first-order valence-corrected chi connectivity index (χ1v) is 6.54. The van der Waals surface area contributed by atoms with E-state index in [4.69, 9.17) is 4.74 Å². The van der Waals surface area contributed by atoms with Crippen molar-refractivity contribution in [2.75, 3.05) is 33.7 Å². The number of hydrogen-bond donors (Lipinski definition) is 0. The van der Waals surface area contributed by atoms with Gasteiger partial charge in [-0.3, -0.25) is 0 Å². The smallest absolute Gasteiger partial charge is 0.333 e. The van der Waals surface area contributed by atoms with E-state index in [1.165, 1.54) is 20.3 Å². The zero-order valence-corrected chi connectivity index (χ0v) is 9.26. The lowest BCUT2D eigenvalue weighted by Gasteiger charge is -2.08. The summed E-state index contributed by atoms with van der Waals surface area (Å²) in [5, 5.41) is 0. The number of carbonyl (C=O) groups is 1. The SMILES string of the molecule is COC(=O)C=C(CP(C)(C)=O)OC. The van der Waals surface area contributed by atoms with Crippen molar-refractivity contribution >= 4 is 13.1 Å². The summed E-state index contributed by atoms with van der Waals surface area (Å²) in [5.74, 6) is -0.106. The topological polar surface area (TPSA) is 52.6 Å². The van der Waals surface area contributed by atoms with E-state index in [-0.39, 0.29) is 6.16 Å². The molecule has 0 bridgehead atoms. The molecular weight excluding hydrogens is 191 g/mol. The van der Waals surface area contributed by atoms with Crippen molar-refractivity contribution < 1.29 is 18.8 Å². The summed E-state index contributed by atoms with van der Waals surface area (Å²) in [4.78, 5) is 10.8. The molecule has 0 heterocycles. The second-order valence-corrected chi connectivity index (χ2v) is 6.53. The molecule has 13 heavy (non-hydrogen) atoms. The predicted molar refractivity (Wildman–Crippen MR) is 51.4 cm³/mol. The number of hydrogen-bond acceptors (Lipinski definition) is 4. The van der Waals surface area contributed by atoms with Crippen LogP contribution in [0, 0.1) is 0 Å². The van der Waals surface area contributed by atoms with E-state index >= 15 is 0 Å². The lowest BCUT2D eigenvalue weighted by atomic mass is 10.5. The first-order valence-electron chi connectivity index (χ1n) is 3.75. The fourth-order valence-electron chi connectivity index (χ4n) is 0.735. The Bertz CT molecular complexity index is 251. The zero-order valence-electron chi connectivity index (χ0n) is 8.36. The van der Waals surface area contributed by atoms with E-state index in [2.05, 4.69) is 4.74 Å². The number of carbonyl (C=O) groups excluding carboxylic acids is 1. The van der Waals surface area contributed by atoms with E-state index in [1.807, 2.05) is 0 Å². The molecule has 5 heteroatoms. The van der Waals surface area contributed by atoms with Gasteiger partial charge in [-0.25, -0.2) is 4.79 Å². The van der Waals surface area contributed by atoms with Gasteiger partial charge in [0.15, 0.2) is 0 Å². The molecule has 0 radical (unpaired) electrons. The Kier molecular flexibility index (Phi) is 4.78. The van der Waals surface area contributed by atoms with Crippen LogP contribution in [0.2, 0.25) is 0 Å². The van der Waals surface area contributed by atoms with Gasteiger partial charge in [-0.1, -0.05) is 0 Å². The van der Waals surface area contributed by atoms with Crippen molar-refractivity contribution in [1.29, 1.82) is 0 Å². The van der Waals surface area contributed by atoms with Crippen LogP contribution in [0.15, 0.2) is 11.8 Å². The molecular formula is C8H15O4P. The zero-order chi connectivity index (χ0) is 10.5. The van der Waals surface area contributed by atoms with Crippen molar-refractivity contribution in [3.8, 4) is 0 Å². The van der Waals surface area contributed by atoms with Gasteiger partial charge in [-0.15, -0.1) is 0 Å². The summed E-state index contributed by atoms with van der Waals surface area (Å²) in [7, 11) is 0.510. The molecule has 0 saturated carbocycles. The average molecular weight is 206 g/mol. The number of methoxy groups -OCH3 is 2. The van der Waals surface area contributed by atoms with Gasteiger partial charge in [0.2, 0.25) is 0 Å². The van der Waals surface area contributed by atoms with E-state index in [1.54, 1.807) is 13.3 Å². The number of rotatable bonds is 4. The molecule has 0 amide bonds. The van der Waals surface area contributed by atoms with Crippen LogP contribution in [0.5, 0.6) is 0 Å². The van der Waals surface area contributed by atoms with Crippen LogP contribution in [-0.2, 0) is 18.8 Å². The van der Waals surface area contributed by atoms with Crippen LogP contribution in [0.25, 0.3) is 0 Å². The Hall–Kier alpha value is -0.760. The lowest BCUT2D eigenvalue weighted by Crippen LogP contribution is -2.02. The largest absolute Gasteiger partial charge is 0.500 e.